The van der Waals surface area contributed by atoms with Crippen LogP contribution in [0.3, 0.4) is 0 Å². The Kier molecular flexibility index (Phi) is 4.05. The van der Waals surface area contributed by atoms with Crippen LogP contribution in [0.5, 0.6) is 0 Å². The maximum absolute atomic E-state index is 5.79. The first-order valence-electron chi connectivity index (χ1n) is 8.07. The van der Waals surface area contributed by atoms with Crippen molar-refractivity contribution in [3.05, 3.63) is 65.1 Å². The van der Waals surface area contributed by atoms with E-state index in [0.717, 1.165) is 22.5 Å². The number of benzene rings is 1. The van der Waals surface area contributed by atoms with Crippen molar-refractivity contribution in [1.82, 2.24) is 19.6 Å². The van der Waals surface area contributed by atoms with Gasteiger partial charge < -0.3 is 8.82 Å². The molecule has 0 aliphatic heterocycles. The molecule has 4 aromatic rings. The number of fused-ring (bicyclic) bond motifs is 1. The minimum atomic E-state index is 0.552. The van der Waals surface area contributed by atoms with Gasteiger partial charge in [-0.3, -0.25) is 0 Å². The second kappa shape index (κ2) is 6.37. The van der Waals surface area contributed by atoms with Gasteiger partial charge in [0.2, 0.25) is 5.89 Å². The number of hydrogen-bond donors (Lipinski definition) is 0. The van der Waals surface area contributed by atoms with Crippen molar-refractivity contribution in [1.29, 1.82) is 0 Å². The third kappa shape index (κ3) is 3.17. The molecule has 4 rings (SSSR count). The number of imidazole rings is 1. The number of thioether (sulfide) groups is 1. The lowest BCUT2D eigenvalue weighted by Gasteiger charge is -2.00. The molecule has 126 valence electrons. The Bertz CT molecular complexity index is 1050. The second-order valence-electron chi connectivity index (χ2n) is 6.12. The van der Waals surface area contributed by atoms with Crippen LogP contribution < -0.4 is 0 Å². The van der Waals surface area contributed by atoms with E-state index in [-0.39, 0.29) is 0 Å². The number of pyridine rings is 1. The van der Waals surface area contributed by atoms with Crippen molar-refractivity contribution in [2.24, 2.45) is 0 Å². The lowest BCUT2D eigenvalue weighted by molar-refractivity contribution is 0.466. The zero-order valence-electron chi connectivity index (χ0n) is 14.4. The van der Waals surface area contributed by atoms with E-state index in [2.05, 4.69) is 54.2 Å². The largest absolute Gasteiger partial charge is 0.411 e. The molecule has 0 aliphatic rings. The van der Waals surface area contributed by atoms with Crippen LogP contribution in [-0.4, -0.2) is 19.6 Å². The number of hydrogen-bond acceptors (Lipinski definition) is 5. The summed E-state index contributed by atoms with van der Waals surface area (Å²) >= 11 is 1.50. The molecule has 1 aromatic carbocycles. The fourth-order valence-corrected chi connectivity index (χ4v) is 3.32. The third-order valence-corrected chi connectivity index (χ3v) is 5.08. The van der Waals surface area contributed by atoms with E-state index >= 15 is 0 Å². The average molecular weight is 350 g/mol. The zero-order chi connectivity index (χ0) is 17.4. The van der Waals surface area contributed by atoms with Gasteiger partial charge in [0.05, 0.1) is 5.69 Å². The molecule has 0 fully saturated rings. The lowest BCUT2D eigenvalue weighted by Crippen LogP contribution is -1.84. The monoisotopic (exact) mass is 350 g/mol. The zero-order valence-corrected chi connectivity index (χ0v) is 15.2. The van der Waals surface area contributed by atoms with E-state index in [9.17, 15) is 0 Å². The summed E-state index contributed by atoms with van der Waals surface area (Å²) in [6, 6.07) is 10.2. The standard InChI is InChI=1S/C19H18N4OS/c1-12-6-7-15(9-14(12)3)18-21-22-19(24-18)25-11-16-10-23-8-4-5-13(2)17(23)20-16/h4-10H,11H2,1-3H3. The normalized spacial score (nSPS) is 11.3. The summed E-state index contributed by atoms with van der Waals surface area (Å²) < 4.78 is 7.83. The fraction of sp³-hybridized carbons (Fsp3) is 0.211. The number of rotatable bonds is 4. The summed E-state index contributed by atoms with van der Waals surface area (Å²) in [6.07, 6.45) is 4.05. The van der Waals surface area contributed by atoms with Crippen LogP contribution in [0.4, 0.5) is 0 Å². The third-order valence-electron chi connectivity index (χ3n) is 4.23. The lowest BCUT2D eigenvalue weighted by atomic mass is 10.1. The van der Waals surface area contributed by atoms with Crippen LogP contribution in [0.15, 0.2) is 52.4 Å². The first-order chi connectivity index (χ1) is 12.1. The Hall–Kier alpha value is -2.60. The molecule has 0 atom stereocenters. The molecular formula is C19H18N4OS. The predicted octanol–water partition coefficient (Wildman–Crippen LogP) is 4.60. The number of aromatic nitrogens is 4. The summed E-state index contributed by atoms with van der Waals surface area (Å²) in [5.74, 6) is 1.24. The van der Waals surface area contributed by atoms with Crippen LogP contribution in [-0.2, 0) is 5.75 Å². The maximum atomic E-state index is 5.79. The van der Waals surface area contributed by atoms with Crippen molar-refractivity contribution < 1.29 is 4.42 Å². The summed E-state index contributed by atoms with van der Waals surface area (Å²) in [4.78, 5) is 4.67. The van der Waals surface area contributed by atoms with Crippen molar-refractivity contribution in [2.45, 2.75) is 31.7 Å². The van der Waals surface area contributed by atoms with Gasteiger partial charge in [-0.05, 0) is 55.7 Å². The van der Waals surface area contributed by atoms with Gasteiger partial charge in [-0.15, -0.1) is 10.2 Å². The molecule has 0 bridgehead atoms. The minimum Gasteiger partial charge on any atom is -0.411 e. The molecule has 3 heterocycles. The Morgan fingerprint density at radius 1 is 1.04 bits per heavy atom. The van der Waals surface area contributed by atoms with Gasteiger partial charge in [-0.2, -0.15) is 0 Å². The molecule has 0 unspecified atom stereocenters. The fourth-order valence-electron chi connectivity index (χ4n) is 2.67. The van der Waals surface area contributed by atoms with Crippen LogP contribution in [0, 0.1) is 20.8 Å². The SMILES string of the molecule is Cc1ccc(-c2nnc(SCc3cn4cccc(C)c4n3)o2)cc1C. The quantitative estimate of drug-likeness (QED) is 0.503. The van der Waals surface area contributed by atoms with E-state index < -0.39 is 0 Å². The van der Waals surface area contributed by atoms with Gasteiger partial charge in [0.15, 0.2) is 0 Å². The first kappa shape index (κ1) is 15.9. The Balaban J connectivity index is 1.50. The van der Waals surface area contributed by atoms with E-state index in [0.29, 0.717) is 16.9 Å². The molecule has 6 heteroatoms. The molecule has 0 saturated carbocycles. The molecule has 3 aromatic heterocycles. The molecule has 0 radical (unpaired) electrons. The van der Waals surface area contributed by atoms with Gasteiger partial charge >= 0.3 is 0 Å². The van der Waals surface area contributed by atoms with E-state index in [1.807, 2.05) is 28.9 Å². The smallest absolute Gasteiger partial charge is 0.277 e. The Morgan fingerprint density at radius 3 is 2.72 bits per heavy atom. The summed E-state index contributed by atoms with van der Waals surface area (Å²) in [6.45, 7) is 6.23. The van der Waals surface area contributed by atoms with Gasteiger partial charge in [0, 0.05) is 23.7 Å². The first-order valence-corrected chi connectivity index (χ1v) is 9.06. The van der Waals surface area contributed by atoms with Crippen molar-refractivity contribution in [3.63, 3.8) is 0 Å². The molecule has 0 saturated heterocycles. The van der Waals surface area contributed by atoms with Gasteiger partial charge in [0.1, 0.15) is 5.65 Å². The molecule has 0 N–H and O–H groups in total. The molecular weight excluding hydrogens is 332 g/mol. The molecule has 0 spiro atoms. The Labute approximate surface area is 150 Å². The molecule has 0 amide bonds. The molecule has 25 heavy (non-hydrogen) atoms. The topological polar surface area (TPSA) is 56.2 Å². The maximum Gasteiger partial charge on any atom is 0.277 e. The number of aryl methyl sites for hydroxylation is 3. The van der Waals surface area contributed by atoms with Crippen molar-refractivity contribution in [3.8, 4) is 11.5 Å². The van der Waals surface area contributed by atoms with Gasteiger partial charge in [0.25, 0.3) is 5.22 Å². The summed E-state index contributed by atoms with van der Waals surface area (Å²) in [5, 5.41) is 8.86. The van der Waals surface area contributed by atoms with Crippen LogP contribution in [0.1, 0.15) is 22.4 Å². The summed E-state index contributed by atoms with van der Waals surface area (Å²) in [7, 11) is 0. The number of nitrogens with zero attached hydrogens (tertiary/aromatic N) is 4. The van der Waals surface area contributed by atoms with Gasteiger partial charge in [-0.1, -0.05) is 23.9 Å². The minimum absolute atomic E-state index is 0.552. The van der Waals surface area contributed by atoms with Crippen molar-refractivity contribution >= 4 is 17.4 Å². The van der Waals surface area contributed by atoms with E-state index in [1.54, 1.807) is 0 Å². The predicted molar refractivity (Wildman–Crippen MR) is 98.7 cm³/mol. The molecule has 0 aliphatic carbocycles. The van der Waals surface area contributed by atoms with E-state index in [4.69, 9.17) is 4.42 Å². The highest BCUT2D eigenvalue weighted by Gasteiger charge is 2.11. The highest BCUT2D eigenvalue weighted by Crippen LogP contribution is 2.26. The van der Waals surface area contributed by atoms with Crippen LogP contribution >= 0.6 is 11.8 Å². The van der Waals surface area contributed by atoms with Crippen LogP contribution in [0.2, 0.25) is 0 Å². The second-order valence-corrected chi connectivity index (χ2v) is 7.04. The Morgan fingerprint density at radius 2 is 1.92 bits per heavy atom. The molecule has 5 nitrogen and oxygen atoms in total. The van der Waals surface area contributed by atoms with Crippen molar-refractivity contribution in [2.75, 3.05) is 0 Å². The highest BCUT2D eigenvalue weighted by atomic mass is 32.2. The average Bonchev–Trinajstić information content (AvgIpc) is 3.23. The van der Waals surface area contributed by atoms with Gasteiger partial charge in [-0.25, -0.2) is 4.98 Å². The summed E-state index contributed by atoms with van der Waals surface area (Å²) in [5.41, 5.74) is 6.55. The highest BCUT2D eigenvalue weighted by molar-refractivity contribution is 7.98. The van der Waals surface area contributed by atoms with E-state index in [1.165, 1.54) is 22.9 Å². The van der Waals surface area contributed by atoms with Crippen LogP contribution in [0.25, 0.3) is 17.1 Å².